The van der Waals surface area contributed by atoms with Crippen molar-refractivity contribution in [3.05, 3.63) is 24.7 Å². The lowest BCUT2D eigenvalue weighted by Gasteiger charge is -2.31. The molecule has 3 N–H and O–H groups in total. The van der Waals surface area contributed by atoms with Crippen LogP contribution in [0.2, 0.25) is 0 Å². The van der Waals surface area contributed by atoms with E-state index in [0.717, 1.165) is 24.0 Å². The van der Waals surface area contributed by atoms with Gasteiger partial charge in [0.15, 0.2) is 0 Å². The number of nitrogens with zero attached hydrogens (tertiary/aromatic N) is 4. The normalized spacial score (nSPS) is 19.1. The Morgan fingerprint density at radius 1 is 1.12 bits per heavy atom. The van der Waals surface area contributed by atoms with Gasteiger partial charge < -0.3 is 5.32 Å². The minimum atomic E-state index is -0.0120. The maximum absolute atomic E-state index is 12.5. The van der Waals surface area contributed by atoms with Crippen LogP contribution in [-0.2, 0) is 4.79 Å². The van der Waals surface area contributed by atoms with Gasteiger partial charge in [-0.25, -0.2) is 0 Å². The topological polar surface area (TPSA) is 103 Å². The predicted octanol–water partition coefficient (Wildman–Crippen LogP) is 2.16. The lowest BCUT2D eigenvalue weighted by molar-refractivity contribution is -0.117. The monoisotopic (exact) mass is 351 g/mol. The van der Waals surface area contributed by atoms with Crippen molar-refractivity contribution in [1.82, 2.24) is 30.3 Å². The van der Waals surface area contributed by atoms with Crippen molar-refractivity contribution in [2.24, 2.45) is 5.41 Å². The summed E-state index contributed by atoms with van der Waals surface area (Å²) in [4.78, 5) is 19.2. The number of carbonyl (C=O) groups is 1. The van der Waals surface area contributed by atoms with Gasteiger partial charge in [-0.1, -0.05) is 0 Å². The van der Waals surface area contributed by atoms with Crippen molar-refractivity contribution in [2.75, 3.05) is 25.0 Å². The van der Waals surface area contributed by atoms with E-state index in [1.54, 1.807) is 18.6 Å². The Balaban J connectivity index is 1.27. The number of H-pyrrole nitrogens is 2. The third-order valence-electron chi connectivity index (χ3n) is 5.73. The number of hydrogen-bond acceptors (Lipinski definition) is 5. The van der Waals surface area contributed by atoms with Crippen molar-refractivity contribution in [1.29, 1.82) is 0 Å². The lowest BCUT2D eigenvalue weighted by Crippen LogP contribution is -2.39. The van der Waals surface area contributed by atoms with Crippen LogP contribution in [-0.4, -0.2) is 55.8 Å². The molecule has 26 heavy (non-hydrogen) atoms. The zero-order valence-electron chi connectivity index (χ0n) is 14.5. The highest BCUT2D eigenvalue weighted by molar-refractivity contribution is 5.96. The second-order valence-corrected chi connectivity index (χ2v) is 7.51. The van der Waals surface area contributed by atoms with Gasteiger partial charge in [0.25, 0.3) is 0 Å². The van der Waals surface area contributed by atoms with Crippen LogP contribution in [0.25, 0.3) is 22.3 Å². The number of fused-ring (bicyclic) bond motifs is 1. The Labute approximate surface area is 150 Å². The van der Waals surface area contributed by atoms with Crippen LogP contribution in [0.15, 0.2) is 24.7 Å². The molecule has 1 amide bonds. The highest BCUT2D eigenvalue weighted by Gasteiger charge is 2.44. The number of likely N-dealkylation sites (tertiary alicyclic amines) is 1. The van der Waals surface area contributed by atoms with Crippen molar-refractivity contribution >= 4 is 22.5 Å². The van der Waals surface area contributed by atoms with Crippen molar-refractivity contribution in [3.63, 3.8) is 0 Å². The van der Waals surface area contributed by atoms with Crippen molar-refractivity contribution < 1.29 is 4.79 Å². The molecule has 4 heterocycles. The second kappa shape index (κ2) is 5.91. The molecule has 0 radical (unpaired) electrons. The standard InChI is InChI=1S/C18H21N7O/c26-16(11-25-5-3-18(1-2-18)4-6-25)22-15-10-21-24-17(15)14-7-13-12(8-19-14)9-20-23-13/h7-10H,1-6,11H2,(H,20,23)(H,21,24)(H,22,26). The van der Waals surface area contributed by atoms with Crippen molar-refractivity contribution in [3.8, 4) is 11.4 Å². The van der Waals surface area contributed by atoms with E-state index in [0.29, 0.717) is 29.0 Å². The number of amides is 1. The number of pyridine rings is 1. The summed E-state index contributed by atoms with van der Waals surface area (Å²) in [7, 11) is 0. The Hall–Kier alpha value is -2.74. The Kier molecular flexibility index (Phi) is 3.53. The van der Waals surface area contributed by atoms with E-state index in [2.05, 4.69) is 35.6 Å². The summed E-state index contributed by atoms with van der Waals surface area (Å²) in [5.74, 6) is -0.0120. The minimum Gasteiger partial charge on any atom is -0.322 e. The molecule has 3 aromatic rings. The van der Waals surface area contributed by atoms with E-state index in [1.807, 2.05) is 6.07 Å². The maximum atomic E-state index is 12.5. The molecule has 1 aliphatic heterocycles. The molecule has 0 unspecified atom stereocenters. The zero-order valence-corrected chi connectivity index (χ0v) is 14.5. The molecule has 2 aliphatic rings. The van der Waals surface area contributed by atoms with Gasteiger partial charge in [0.1, 0.15) is 5.69 Å². The molecule has 1 spiro atoms. The van der Waals surface area contributed by atoms with E-state index in [-0.39, 0.29) is 5.91 Å². The number of rotatable bonds is 4. The van der Waals surface area contributed by atoms with Crippen LogP contribution < -0.4 is 5.32 Å². The number of aromatic nitrogens is 5. The summed E-state index contributed by atoms with van der Waals surface area (Å²) < 4.78 is 0. The Bertz CT molecular complexity index is 945. The quantitative estimate of drug-likeness (QED) is 0.668. The number of piperidine rings is 1. The largest absolute Gasteiger partial charge is 0.322 e. The average molecular weight is 351 g/mol. The molecule has 1 saturated carbocycles. The molecule has 1 saturated heterocycles. The summed E-state index contributed by atoms with van der Waals surface area (Å²) in [5.41, 5.74) is 3.58. The van der Waals surface area contributed by atoms with Crippen LogP contribution in [0.1, 0.15) is 25.7 Å². The molecule has 8 heteroatoms. The van der Waals surface area contributed by atoms with Crippen LogP contribution in [0.4, 0.5) is 5.69 Å². The third-order valence-corrected chi connectivity index (χ3v) is 5.73. The molecule has 3 aromatic heterocycles. The third kappa shape index (κ3) is 2.86. The molecule has 134 valence electrons. The number of carbonyl (C=O) groups excluding carboxylic acids is 1. The van der Waals surface area contributed by atoms with Crippen molar-refractivity contribution in [2.45, 2.75) is 25.7 Å². The van der Waals surface area contributed by atoms with E-state index in [1.165, 1.54) is 25.7 Å². The highest BCUT2D eigenvalue weighted by Crippen LogP contribution is 2.53. The number of hydrogen-bond donors (Lipinski definition) is 3. The molecule has 2 fully saturated rings. The van der Waals surface area contributed by atoms with Crippen LogP contribution >= 0.6 is 0 Å². The number of nitrogens with one attached hydrogen (secondary N) is 3. The van der Waals surface area contributed by atoms with Crippen LogP contribution in [0.5, 0.6) is 0 Å². The van der Waals surface area contributed by atoms with Gasteiger partial charge in [-0.15, -0.1) is 0 Å². The molecule has 0 aromatic carbocycles. The van der Waals surface area contributed by atoms with Crippen LogP contribution in [0, 0.1) is 5.41 Å². The predicted molar refractivity (Wildman–Crippen MR) is 97.4 cm³/mol. The van der Waals surface area contributed by atoms with E-state index < -0.39 is 0 Å². The van der Waals surface area contributed by atoms with Gasteiger partial charge in [-0.3, -0.25) is 24.9 Å². The number of anilines is 1. The van der Waals surface area contributed by atoms with Gasteiger partial charge in [-0.2, -0.15) is 10.2 Å². The molecular formula is C18H21N7O. The second-order valence-electron chi connectivity index (χ2n) is 7.51. The summed E-state index contributed by atoms with van der Waals surface area (Å²) >= 11 is 0. The fourth-order valence-corrected chi connectivity index (χ4v) is 3.80. The van der Waals surface area contributed by atoms with Gasteiger partial charge in [0, 0.05) is 11.6 Å². The smallest absolute Gasteiger partial charge is 0.238 e. The summed E-state index contributed by atoms with van der Waals surface area (Å²) in [6, 6.07) is 1.89. The fourth-order valence-electron chi connectivity index (χ4n) is 3.80. The summed E-state index contributed by atoms with van der Waals surface area (Å²) in [6.07, 6.45) is 10.3. The SMILES string of the molecule is O=C(CN1CCC2(CC1)CC2)Nc1cn[nH]c1-c1cc2[nH]ncc2cn1. The first-order valence-electron chi connectivity index (χ1n) is 9.06. The van der Waals surface area contributed by atoms with E-state index in [9.17, 15) is 4.79 Å². The minimum absolute atomic E-state index is 0.0120. The Morgan fingerprint density at radius 2 is 1.92 bits per heavy atom. The Morgan fingerprint density at radius 3 is 2.73 bits per heavy atom. The van der Waals surface area contributed by atoms with E-state index >= 15 is 0 Å². The first-order valence-corrected chi connectivity index (χ1v) is 9.06. The number of aromatic amines is 2. The van der Waals surface area contributed by atoms with E-state index in [4.69, 9.17) is 0 Å². The van der Waals surface area contributed by atoms with Gasteiger partial charge >= 0.3 is 0 Å². The molecule has 5 rings (SSSR count). The highest BCUT2D eigenvalue weighted by atomic mass is 16.2. The zero-order chi connectivity index (χ0) is 17.6. The molecule has 0 bridgehead atoms. The average Bonchev–Trinajstić information content (AvgIpc) is 3.05. The first-order chi connectivity index (χ1) is 12.7. The molecular weight excluding hydrogens is 330 g/mol. The summed E-state index contributed by atoms with van der Waals surface area (Å²) in [6.45, 7) is 2.46. The summed E-state index contributed by atoms with van der Waals surface area (Å²) in [5, 5.41) is 17.9. The van der Waals surface area contributed by atoms with Gasteiger partial charge in [0.2, 0.25) is 5.91 Å². The first kappa shape index (κ1) is 15.5. The molecule has 8 nitrogen and oxygen atoms in total. The van der Waals surface area contributed by atoms with Crippen LogP contribution in [0.3, 0.4) is 0 Å². The fraction of sp³-hybridized carbons (Fsp3) is 0.444. The van der Waals surface area contributed by atoms with Gasteiger partial charge in [-0.05, 0) is 50.3 Å². The molecule has 0 atom stereocenters. The maximum Gasteiger partial charge on any atom is 0.238 e. The van der Waals surface area contributed by atoms with Gasteiger partial charge in [0.05, 0.1) is 35.8 Å². The lowest BCUT2D eigenvalue weighted by atomic mass is 9.94. The molecule has 1 aliphatic carbocycles.